The highest BCUT2D eigenvalue weighted by atomic mass is 32.2. The number of nitro groups is 1. The van der Waals surface area contributed by atoms with Crippen molar-refractivity contribution in [2.75, 3.05) is 0 Å². The van der Waals surface area contributed by atoms with Crippen LogP contribution in [0.3, 0.4) is 0 Å². The highest BCUT2D eigenvalue weighted by molar-refractivity contribution is 7.98. The van der Waals surface area contributed by atoms with Crippen LogP contribution in [0.1, 0.15) is 5.69 Å². The molecule has 7 nitrogen and oxygen atoms in total. The van der Waals surface area contributed by atoms with E-state index in [1.165, 1.54) is 23.9 Å². The molecule has 110 valence electrons. The Balaban J connectivity index is 1.56. The second-order valence-corrected chi connectivity index (χ2v) is 6.30. The van der Waals surface area contributed by atoms with Crippen LogP contribution in [0, 0.1) is 10.1 Å². The van der Waals surface area contributed by atoms with Gasteiger partial charge in [0.25, 0.3) is 10.9 Å². The lowest BCUT2D eigenvalue weighted by molar-refractivity contribution is -0.384. The van der Waals surface area contributed by atoms with Gasteiger partial charge in [0.1, 0.15) is 5.52 Å². The normalized spacial score (nSPS) is 11.5. The van der Waals surface area contributed by atoms with Gasteiger partial charge in [0, 0.05) is 35.7 Å². The maximum atomic E-state index is 10.8. The van der Waals surface area contributed by atoms with E-state index in [1.807, 2.05) is 22.2 Å². The fourth-order valence-corrected chi connectivity index (χ4v) is 3.49. The Labute approximate surface area is 131 Å². The number of oxazole rings is 1. The largest absolute Gasteiger partial charge is 0.431 e. The van der Waals surface area contributed by atoms with Gasteiger partial charge in [0.15, 0.2) is 10.5 Å². The Kier molecular flexibility index (Phi) is 3.09. The summed E-state index contributed by atoms with van der Waals surface area (Å²) in [6, 6.07) is 4.39. The molecule has 0 spiro atoms. The Hall–Kier alpha value is -2.39. The Bertz CT molecular complexity index is 959. The first-order valence-corrected chi connectivity index (χ1v) is 8.14. The van der Waals surface area contributed by atoms with Crippen molar-refractivity contribution in [3.05, 3.63) is 51.8 Å². The van der Waals surface area contributed by atoms with E-state index in [0.717, 1.165) is 10.7 Å². The summed E-state index contributed by atoms with van der Waals surface area (Å²) in [5.41, 5.74) is 1.97. The van der Waals surface area contributed by atoms with Crippen molar-refractivity contribution in [1.29, 1.82) is 0 Å². The topological polar surface area (TPSA) is 86.5 Å². The van der Waals surface area contributed by atoms with Crippen LogP contribution in [0.2, 0.25) is 0 Å². The van der Waals surface area contributed by atoms with Crippen molar-refractivity contribution >= 4 is 44.8 Å². The van der Waals surface area contributed by atoms with E-state index in [1.54, 1.807) is 17.4 Å². The minimum absolute atomic E-state index is 0.00619. The Morgan fingerprint density at radius 1 is 1.41 bits per heavy atom. The fraction of sp³-hybridized carbons (Fsp3) is 0.0769. The van der Waals surface area contributed by atoms with Crippen molar-refractivity contribution < 1.29 is 9.34 Å². The molecule has 0 saturated heterocycles. The number of nitrogens with zero attached hydrogens (tertiary/aromatic N) is 4. The molecule has 0 aliphatic heterocycles. The van der Waals surface area contributed by atoms with Gasteiger partial charge in [-0.3, -0.25) is 14.5 Å². The molecule has 0 amide bonds. The molecule has 0 fully saturated rings. The molecule has 0 saturated carbocycles. The highest BCUT2D eigenvalue weighted by Gasteiger charge is 2.12. The summed E-state index contributed by atoms with van der Waals surface area (Å²) in [4.78, 5) is 20.0. The molecule has 0 radical (unpaired) electrons. The minimum Gasteiger partial charge on any atom is -0.431 e. The van der Waals surface area contributed by atoms with Crippen molar-refractivity contribution in [3.8, 4) is 0 Å². The lowest BCUT2D eigenvalue weighted by Crippen LogP contribution is -1.86. The summed E-state index contributed by atoms with van der Waals surface area (Å²) >= 11 is 2.99. The minimum atomic E-state index is -0.446. The summed E-state index contributed by atoms with van der Waals surface area (Å²) in [5, 5.41) is 13.2. The van der Waals surface area contributed by atoms with E-state index in [9.17, 15) is 10.1 Å². The molecule has 0 aliphatic rings. The molecule has 0 atom stereocenters. The Morgan fingerprint density at radius 2 is 2.32 bits per heavy atom. The molecule has 1 aromatic carbocycles. The second kappa shape index (κ2) is 5.11. The van der Waals surface area contributed by atoms with E-state index in [4.69, 9.17) is 4.42 Å². The van der Waals surface area contributed by atoms with Gasteiger partial charge in [-0.25, -0.2) is 9.97 Å². The van der Waals surface area contributed by atoms with E-state index >= 15 is 0 Å². The molecule has 0 unspecified atom stereocenters. The van der Waals surface area contributed by atoms with E-state index in [0.29, 0.717) is 22.1 Å². The van der Waals surface area contributed by atoms with Crippen LogP contribution in [-0.2, 0) is 5.75 Å². The first kappa shape index (κ1) is 13.3. The number of thiazole rings is 1. The lowest BCUT2D eigenvalue weighted by atomic mass is 10.3. The zero-order valence-corrected chi connectivity index (χ0v) is 12.6. The number of hydrogen-bond acceptors (Lipinski definition) is 7. The molecule has 3 aromatic heterocycles. The second-order valence-electron chi connectivity index (χ2n) is 4.50. The zero-order valence-electron chi connectivity index (χ0n) is 11.0. The first-order valence-electron chi connectivity index (χ1n) is 6.28. The van der Waals surface area contributed by atoms with Crippen molar-refractivity contribution in [1.82, 2.24) is 14.4 Å². The summed E-state index contributed by atoms with van der Waals surface area (Å²) in [7, 11) is 0. The first-order chi connectivity index (χ1) is 10.7. The van der Waals surface area contributed by atoms with E-state index in [2.05, 4.69) is 9.97 Å². The van der Waals surface area contributed by atoms with E-state index < -0.39 is 4.92 Å². The van der Waals surface area contributed by atoms with Crippen LogP contribution in [0.15, 0.2) is 45.6 Å². The van der Waals surface area contributed by atoms with Crippen LogP contribution in [-0.4, -0.2) is 19.3 Å². The molecule has 0 aliphatic carbocycles. The molecular weight excluding hydrogens is 324 g/mol. The van der Waals surface area contributed by atoms with Gasteiger partial charge >= 0.3 is 0 Å². The number of rotatable bonds is 4. The number of non-ortho nitro benzene ring substituents is 1. The number of aromatic nitrogens is 3. The molecule has 22 heavy (non-hydrogen) atoms. The number of fused-ring (bicyclic) bond motifs is 2. The average Bonchev–Trinajstić information content (AvgIpc) is 3.17. The summed E-state index contributed by atoms with van der Waals surface area (Å²) in [6.07, 6.45) is 3.92. The predicted molar refractivity (Wildman–Crippen MR) is 83.3 cm³/mol. The molecule has 0 N–H and O–H groups in total. The van der Waals surface area contributed by atoms with Crippen LogP contribution >= 0.6 is 23.1 Å². The van der Waals surface area contributed by atoms with Gasteiger partial charge in [0.2, 0.25) is 0 Å². The SMILES string of the molecule is O=[N+]([O-])c1ccc2oc(SCc3cn4ccsc4n3)nc2c1. The number of hydrogen-bond donors (Lipinski definition) is 0. The van der Waals surface area contributed by atoms with Crippen LogP contribution in [0.5, 0.6) is 0 Å². The fourth-order valence-electron chi connectivity index (χ4n) is 2.05. The summed E-state index contributed by atoms with van der Waals surface area (Å²) < 4.78 is 7.55. The number of nitro benzene ring substituents is 1. The summed E-state index contributed by atoms with van der Waals surface area (Å²) in [5.74, 6) is 0.628. The summed E-state index contributed by atoms with van der Waals surface area (Å²) in [6.45, 7) is 0. The van der Waals surface area contributed by atoms with Crippen molar-refractivity contribution in [2.24, 2.45) is 0 Å². The molecule has 3 heterocycles. The third-order valence-corrected chi connectivity index (χ3v) is 4.68. The highest BCUT2D eigenvalue weighted by Crippen LogP contribution is 2.28. The monoisotopic (exact) mass is 332 g/mol. The standard InChI is InChI=1S/C13H8N4O3S2/c18-17(19)9-1-2-11-10(5-9)15-13(20-11)22-7-8-6-16-3-4-21-12(16)14-8/h1-6H,7H2. The average molecular weight is 332 g/mol. The molecule has 9 heteroatoms. The van der Waals surface area contributed by atoms with Gasteiger partial charge in [-0.1, -0.05) is 11.8 Å². The number of imidazole rings is 1. The van der Waals surface area contributed by atoms with Gasteiger partial charge in [0.05, 0.1) is 10.6 Å². The van der Waals surface area contributed by atoms with Gasteiger partial charge < -0.3 is 4.42 Å². The lowest BCUT2D eigenvalue weighted by Gasteiger charge is -1.91. The molecular formula is C13H8N4O3S2. The predicted octanol–water partition coefficient (Wildman–Crippen LogP) is 3.74. The molecule has 0 bridgehead atoms. The third-order valence-electron chi connectivity index (χ3n) is 3.05. The van der Waals surface area contributed by atoms with Gasteiger partial charge in [-0.15, -0.1) is 11.3 Å². The molecule has 4 rings (SSSR count). The van der Waals surface area contributed by atoms with Crippen LogP contribution < -0.4 is 0 Å². The smallest absolute Gasteiger partial charge is 0.271 e. The quantitative estimate of drug-likeness (QED) is 0.321. The van der Waals surface area contributed by atoms with Crippen LogP contribution in [0.4, 0.5) is 5.69 Å². The van der Waals surface area contributed by atoms with E-state index in [-0.39, 0.29) is 5.69 Å². The number of benzene rings is 1. The molecule has 4 aromatic rings. The maximum Gasteiger partial charge on any atom is 0.271 e. The maximum absolute atomic E-state index is 10.8. The van der Waals surface area contributed by atoms with Gasteiger partial charge in [-0.05, 0) is 6.07 Å². The van der Waals surface area contributed by atoms with Crippen molar-refractivity contribution in [3.63, 3.8) is 0 Å². The van der Waals surface area contributed by atoms with Crippen LogP contribution in [0.25, 0.3) is 16.1 Å². The van der Waals surface area contributed by atoms with Gasteiger partial charge in [-0.2, -0.15) is 0 Å². The zero-order chi connectivity index (χ0) is 15.1. The third kappa shape index (κ3) is 2.34. The van der Waals surface area contributed by atoms with Crippen molar-refractivity contribution in [2.45, 2.75) is 11.0 Å². The Morgan fingerprint density at radius 3 is 3.14 bits per heavy atom. The number of thioether (sulfide) groups is 1.